The Balaban J connectivity index is 1.99. The maximum absolute atomic E-state index is 11.8. The Morgan fingerprint density at radius 1 is 1.17 bits per heavy atom. The van der Waals surface area contributed by atoms with Gasteiger partial charge in [-0.1, -0.05) is 23.6 Å². The van der Waals surface area contributed by atoms with Crippen molar-refractivity contribution in [1.82, 2.24) is 0 Å². The summed E-state index contributed by atoms with van der Waals surface area (Å²) in [6.45, 7) is 6.96. The first-order valence-electron chi connectivity index (χ1n) is 7.40. The van der Waals surface area contributed by atoms with Gasteiger partial charge in [0, 0.05) is 6.42 Å². The average Bonchev–Trinajstić information content (AvgIpc) is 2.33. The van der Waals surface area contributed by atoms with Crippen LogP contribution >= 0.6 is 0 Å². The third-order valence-corrected chi connectivity index (χ3v) is 5.80. The number of rotatable bonds is 0. The van der Waals surface area contributed by atoms with E-state index in [1.165, 1.54) is 31.3 Å². The molecular formula is C17H24O. The van der Waals surface area contributed by atoms with Crippen LogP contribution in [0.25, 0.3) is 0 Å². The van der Waals surface area contributed by atoms with Crippen LogP contribution in [0.1, 0.15) is 59.3 Å². The van der Waals surface area contributed by atoms with Crippen molar-refractivity contribution in [3.63, 3.8) is 0 Å². The molecule has 0 aromatic rings. The van der Waals surface area contributed by atoms with Gasteiger partial charge in [-0.2, -0.15) is 0 Å². The molecule has 0 bridgehead atoms. The van der Waals surface area contributed by atoms with E-state index in [9.17, 15) is 4.79 Å². The van der Waals surface area contributed by atoms with Gasteiger partial charge in [-0.3, -0.25) is 4.79 Å². The molecule has 0 aromatic carbocycles. The molecule has 0 N–H and O–H groups in total. The smallest absolute Gasteiger partial charge is 0.155 e. The number of ketones is 1. The molecule has 0 aromatic heterocycles. The van der Waals surface area contributed by atoms with Crippen molar-refractivity contribution in [1.29, 1.82) is 0 Å². The number of hydrogen-bond acceptors (Lipinski definition) is 1. The highest BCUT2D eigenvalue weighted by Crippen LogP contribution is 2.55. The third-order valence-electron chi connectivity index (χ3n) is 5.80. The van der Waals surface area contributed by atoms with Gasteiger partial charge in [-0.25, -0.2) is 0 Å². The predicted octanol–water partition coefficient (Wildman–Crippen LogP) is 4.44. The zero-order valence-electron chi connectivity index (χ0n) is 11.9. The Hall–Kier alpha value is -0.850. The lowest BCUT2D eigenvalue weighted by molar-refractivity contribution is -0.116. The van der Waals surface area contributed by atoms with Gasteiger partial charge in [-0.05, 0) is 69.3 Å². The van der Waals surface area contributed by atoms with E-state index in [1.54, 1.807) is 11.1 Å². The fourth-order valence-electron chi connectivity index (χ4n) is 4.34. The van der Waals surface area contributed by atoms with E-state index in [0.29, 0.717) is 17.1 Å². The summed E-state index contributed by atoms with van der Waals surface area (Å²) in [4.78, 5) is 11.8. The monoisotopic (exact) mass is 244 g/mol. The lowest BCUT2D eigenvalue weighted by Gasteiger charge is -2.49. The fourth-order valence-corrected chi connectivity index (χ4v) is 4.34. The molecular weight excluding hydrogens is 220 g/mol. The summed E-state index contributed by atoms with van der Waals surface area (Å²) in [6.07, 6.45) is 8.99. The molecule has 0 spiro atoms. The zero-order chi connectivity index (χ0) is 12.9. The maximum Gasteiger partial charge on any atom is 0.155 e. The van der Waals surface area contributed by atoms with Crippen LogP contribution in [-0.4, -0.2) is 5.78 Å². The SMILES string of the molecule is CC1=C(C)C[C@@H]2C3=CC(=O)CC[C@]3(C)CC[C@@H]2C1. The van der Waals surface area contributed by atoms with Crippen molar-refractivity contribution in [3.05, 3.63) is 22.8 Å². The molecule has 18 heavy (non-hydrogen) atoms. The molecule has 3 aliphatic carbocycles. The molecule has 0 aliphatic heterocycles. The minimum atomic E-state index is 0.334. The highest BCUT2D eigenvalue weighted by atomic mass is 16.1. The lowest BCUT2D eigenvalue weighted by atomic mass is 9.55. The Morgan fingerprint density at radius 3 is 2.67 bits per heavy atom. The molecule has 3 rings (SSSR count). The number of allylic oxidation sites excluding steroid dienone is 4. The third kappa shape index (κ3) is 1.79. The lowest BCUT2D eigenvalue weighted by Crippen LogP contribution is -2.39. The van der Waals surface area contributed by atoms with E-state index in [2.05, 4.69) is 20.8 Å². The minimum Gasteiger partial charge on any atom is -0.295 e. The molecule has 0 amide bonds. The van der Waals surface area contributed by atoms with Gasteiger partial charge < -0.3 is 0 Å². The molecule has 0 heterocycles. The molecule has 0 saturated heterocycles. The number of carbonyl (C=O) groups is 1. The Morgan fingerprint density at radius 2 is 1.89 bits per heavy atom. The van der Waals surface area contributed by atoms with Gasteiger partial charge in [0.15, 0.2) is 5.78 Å². The summed E-state index contributed by atoms with van der Waals surface area (Å²) in [7, 11) is 0. The van der Waals surface area contributed by atoms with Crippen molar-refractivity contribution < 1.29 is 4.79 Å². The second kappa shape index (κ2) is 4.08. The highest BCUT2D eigenvalue weighted by molar-refractivity contribution is 5.91. The topological polar surface area (TPSA) is 17.1 Å². The first-order valence-corrected chi connectivity index (χ1v) is 7.40. The summed E-state index contributed by atoms with van der Waals surface area (Å²) in [6, 6.07) is 0. The van der Waals surface area contributed by atoms with Crippen LogP contribution in [0, 0.1) is 17.3 Å². The normalized spacial score (nSPS) is 40.2. The van der Waals surface area contributed by atoms with Crippen LogP contribution in [0.2, 0.25) is 0 Å². The van der Waals surface area contributed by atoms with Gasteiger partial charge in [0.1, 0.15) is 0 Å². The van der Waals surface area contributed by atoms with Crippen LogP contribution in [0.15, 0.2) is 22.8 Å². The Kier molecular flexibility index (Phi) is 2.76. The summed E-state index contributed by atoms with van der Waals surface area (Å²) >= 11 is 0. The summed E-state index contributed by atoms with van der Waals surface area (Å²) in [5.41, 5.74) is 5.00. The van der Waals surface area contributed by atoms with Crippen molar-refractivity contribution in [2.75, 3.05) is 0 Å². The fraction of sp³-hybridized carbons (Fsp3) is 0.706. The van der Waals surface area contributed by atoms with Crippen molar-refractivity contribution in [2.24, 2.45) is 17.3 Å². The van der Waals surface area contributed by atoms with Gasteiger partial charge in [0.25, 0.3) is 0 Å². The van der Waals surface area contributed by atoms with Crippen molar-refractivity contribution in [2.45, 2.75) is 59.3 Å². The molecule has 1 fully saturated rings. The van der Waals surface area contributed by atoms with E-state index in [-0.39, 0.29) is 0 Å². The van der Waals surface area contributed by atoms with Crippen LogP contribution in [0.5, 0.6) is 0 Å². The quantitative estimate of drug-likeness (QED) is 0.576. The molecule has 1 nitrogen and oxygen atoms in total. The summed E-state index contributed by atoms with van der Waals surface area (Å²) < 4.78 is 0. The Bertz CT molecular complexity index is 454. The summed E-state index contributed by atoms with van der Waals surface area (Å²) in [5.74, 6) is 1.84. The number of carbonyl (C=O) groups excluding carboxylic acids is 1. The highest BCUT2D eigenvalue weighted by Gasteiger charge is 2.45. The van der Waals surface area contributed by atoms with Gasteiger partial charge in [-0.15, -0.1) is 0 Å². The maximum atomic E-state index is 11.8. The largest absolute Gasteiger partial charge is 0.295 e. The second-order valence-corrected chi connectivity index (χ2v) is 7.00. The molecule has 3 atom stereocenters. The molecule has 3 aliphatic rings. The van der Waals surface area contributed by atoms with Crippen LogP contribution < -0.4 is 0 Å². The molecule has 1 saturated carbocycles. The predicted molar refractivity (Wildman–Crippen MR) is 74.3 cm³/mol. The second-order valence-electron chi connectivity index (χ2n) is 7.00. The van der Waals surface area contributed by atoms with E-state index in [0.717, 1.165) is 18.8 Å². The van der Waals surface area contributed by atoms with E-state index >= 15 is 0 Å². The average molecular weight is 244 g/mol. The van der Waals surface area contributed by atoms with Gasteiger partial charge >= 0.3 is 0 Å². The number of hydrogen-bond donors (Lipinski definition) is 0. The first-order chi connectivity index (χ1) is 8.49. The minimum absolute atomic E-state index is 0.334. The zero-order valence-corrected chi connectivity index (χ0v) is 11.9. The van der Waals surface area contributed by atoms with Crippen molar-refractivity contribution >= 4 is 5.78 Å². The molecule has 0 unspecified atom stereocenters. The number of fused-ring (bicyclic) bond motifs is 3. The summed E-state index contributed by atoms with van der Waals surface area (Å²) in [5, 5.41) is 0. The molecule has 1 heteroatoms. The van der Waals surface area contributed by atoms with E-state index < -0.39 is 0 Å². The van der Waals surface area contributed by atoms with Crippen molar-refractivity contribution in [3.8, 4) is 0 Å². The van der Waals surface area contributed by atoms with Crippen LogP contribution in [0.3, 0.4) is 0 Å². The van der Waals surface area contributed by atoms with Gasteiger partial charge in [0.05, 0.1) is 0 Å². The molecule has 0 radical (unpaired) electrons. The van der Waals surface area contributed by atoms with Crippen LogP contribution in [-0.2, 0) is 4.79 Å². The molecule has 98 valence electrons. The standard InChI is InChI=1S/C17H24O/c1-11-8-13-4-6-17(3)7-5-14(18)10-16(17)15(13)9-12(11)2/h10,13,15H,4-9H2,1-3H3/t13-,15+,17+/m1/s1. The van der Waals surface area contributed by atoms with E-state index in [4.69, 9.17) is 0 Å². The van der Waals surface area contributed by atoms with E-state index in [1.807, 2.05) is 6.08 Å². The first kappa shape index (κ1) is 12.2. The van der Waals surface area contributed by atoms with Gasteiger partial charge in [0.2, 0.25) is 0 Å². The Labute approximate surface area is 110 Å². The van der Waals surface area contributed by atoms with Crippen LogP contribution in [0.4, 0.5) is 0 Å².